The molecule has 5 nitrogen and oxygen atoms in total. The summed E-state index contributed by atoms with van der Waals surface area (Å²) in [6.07, 6.45) is -2.97. The number of ether oxygens (including phenoxy) is 1. The van der Waals surface area contributed by atoms with Gasteiger partial charge < -0.3 is 10.1 Å². The summed E-state index contributed by atoms with van der Waals surface area (Å²) < 4.78 is 60.0. The maximum Gasteiger partial charge on any atom is 0.416 e. The van der Waals surface area contributed by atoms with Gasteiger partial charge in [-0.05, 0) is 31.0 Å². The Labute approximate surface area is 166 Å². The summed E-state index contributed by atoms with van der Waals surface area (Å²) in [6, 6.07) is 3.40. The maximum atomic E-state index is 14.1. The van der Waals surface area contributed by atoms with Gasteiger partial charge in [0.2, 0.25) is 0 Å². The number of nitrogens with zero attached hydrogens (tertiary/aromatic N) is 2. The molecule has 0 bridgehead atoms. The Morgan fingerprint density at radius 3 is 2.59 bits per heavy atom. The minimum Gasteiger partial charge on any atom is -0.376 e. The molecule has 1 aromatic carbocycles. The summed E-state index contributed by atoms with van der Waals surface area (Å²) in [5.41, 5.74) is -1.40. The van der Waals surface area contributed by atoms with Crippen LogP contribution in [0.5, 0.6) is 0 Å². The zero-order valence-corrected chi connectivity index (χ0v) is 16.4. The molecule has 1 aliphatic rings. The Morgan fingerprint density at radius 1 is 1.28 bits per heavy atom. The van der Waals surface area contributed by atoms with E-state index in [0.717, 1.165) is 12.8 Å². The fourth-order valence-corrected chi connectivity index (χ4v) is 3.06. The smallest absolute Gasteiger partial charge is 0.376 e. The van der Waals surface area contributed by atoms with Crippen molar-refractivity contribution in [1.82, 2.24) is 9.78 Å². The van der Waals surface area contributed by atoms with Crippen molar-refractivity contribution in [1.29, 1.82) is 0 Å². The number of aromatic nitrogens is 2. The average Bonchev–Trinajstić information content (AvgIpc) is 3.24. The van der Waals surface area contributed by atoms with Crippen molar-refractivity contribution in [3.63, 3.8) is 0 Å². The van der Waals surface area contributed by atoms with Gasteiger partial charge in [-0.25, -0.2) is 9.07 Å². The predicted molar refractivity (Wildman–Crippen MR) is 99.3 cm³/mol. The fourth-order valence-electron chi connectivity index (χ4n) is 3.06. The molecule has 158 valence electrons. The number of amides is 1. The Hall–Kier alpha value is -2.42. The third-order valence-corrected chi connectivity index (χ3v) is 4.73. The lowest BCUT2D eigenvalue weighted by atomic mass is 9.92. The van der Waals surface area contributed by atoms with Gasteiger partial charge in [-0.15, -0.1) is 0 Å². The minimum atomic E-state index is -4.68. The van der Waals surface area contributed by atoms with E-state index in [9.17, 15) is 22.4 Å². The molecule has 9 heteroatoms. The Balaban J connectivity index is 1.90. The van der Waals surface area contributed by atoms with Gasteiger partial charge in [0.15, 0.2) is 0 Å². The van der Waals surface area contributed by atoms with Gasteiger partial charge in [-0.2, -0.15) is 18.3 Å². The van der Waals surface area contributed by atoms with E-state index in [1.807, 2.05) is 20.8 Å². The monoisotopic (exact) mass is 413 g/mol. The number of carbonyl (C=O) groups excluding carboxylic acids is 1. The number of alkyl halides is 3. The van der Waals surface area contributed by atoms with Crippen LogP contribution in [-0.2, 0) is 22.9 Å². The molecule has 1 amide bonds. The van der Waals surface area contributed by atoms with E-state index in [1.54, 1.807) is 10.7 Å². The van der Waals surface area contributed by atoms with Gasteiger partial charge in [-0.3, -0.25) is 4.79 Å². The van der Waals surface area contributed by atoms with E-state index in [0.29, 0.717) is 37.0 Å². The highest BCUT2D eigenvalue weighted by Crippen LogP contribution is 2.31. The molecule has 0 spiro atoms. The lowest BCUT2D eigenvalue weighted by Crippen LogP contribution is -2.22. The molecule has 0 radical (unpaired) electrons. The fraction of sp³-hybridized carbons (Fsp3) is 0.500. The van der Waals surface area contributed by atoms with E-state index in [4.69, 9.17) is 4.74 Å². The molecule has 1 aromatic heterocycles. The molecule has 3 rings (SSSR count). The van der Waals surface area contributed by atoms with Crippen LogP contribution in [0.3, 0.4) is 0 Å². The first-order valence-corrected chi connectivity index (χ1v) is 9.33. The van der Waals surface area contributed by atoms with Crippen molar-refractivity contribution in [2.24, 2.45) is 0 Å². The molecular formula is C20H23F4N3O2. The van der Waals surface area contributed by atoms with E-state index >= 15 is 0 Å². The van der Waals surface area contributed by atoms with E-state index in [-0.39, 0.29) is 17.3 Å². The molecule has 0 unspecified atom stereocenters. The molecule has 1 N–H and O–H groups in total. The van der Waals surface area contributed by atoms with Gasteiger partial charge in [0.1, 0.15) is 11.6 Å². The van der Waals surface area contributed by atoms with Gasteiger partial charge >= 0.3 is 6.18 Å². The average molecular weight is 413 g/mol. The number of halogens is 4. The normalized spacial score (nSPS) is 17.6. The summed E-state index contributed by atoms with van der Waals surface area (Å²) in [4.78, 5) is 12.6. The Bertz CT molecular complexity index is 894. The number of anilines is 1. The third kappa shape index (κ3) is 4.95. The van der Waals surface area contributed by atoms with E-state index in [1.165, 1.54) is 0 Å². The summed E-state index contributed by atoms with van der Waals surface area (Å²) in [6.45, 7) is 6.88. The molecule has 2 heterocycles. The van der Waals surface area contributed by atoms with Crippen LogP contribution in [0.4, 0.5) is 23.4 Å². The number of hydrogen-bond acceptors (Lipinski definition) is 3. The zero-order chi connectivity index (χ0) is 21.4. The Kier molecular flexibility index (Phi) is 5.71. The highest BCUT2D eigenvalue weighted by molar-refractivity contribution is 6.04. The van der Waals surface area contributed by atoms with Crippen molar-refractivity contribution in [2.75, 3.05) is 11.9 Å². The quantitative estimate of drug-likeness (QED) is 0.735. The first kappa shape index (κ1) is 21.3. The predicted octanol–water partition coefficient (Wildman–Crippen LogP) is 4.77. The lowest BCUT2D eigenvalue weighted by Gasteiger charge is -2.15. The Morgan fingerprint density at radius 2 is 2.00 bits per heavy atom. The molecule has 2 aromatic rings. The summed E-state index contributed by atoms with van der Waals surface area (Å²) >= 11 is 0. The second-order valence-electron chi connectivity index (χ2n) is 8.13. The minimum absolute atomic E-state index is 0.0661. The summed E-state index contributed by atoms with van der Waals surface area (Å²) in [5.74, 6) is -1.72. The number of rotatable bonds is 4. The van der Waals surface area contributed by atoms with Crippen LogP contribution in [-0.4, -0.2) is 28.4 Å². The molecule has 1 fully saturated rings. The van der Waals surface area contributed by atoms with E-state index in [2.05, 4.69) is 10.4 Å². The molecule has 1 saturated heterocycles. The molecule has 1 atom stereocenters. The standard InChI is InChI=1S/C20H23F4N3O2/c1-19(2,3)16-10-17(27(26-16)11-13-5-4-8-29-13)25-18(28)14-9-12(20(22,23)24)6-7-15(14)21/h6-7,9-10,13H,4-5,8,11H2,1-3H3,(H,25,28)/t13-/m1/s1. The first-order chi connectivity index (χ1) is 13.4. The van der Waals surface area contributed by atoms with Crippen molar-refractivity contribution in [3.8, 4) is 0 Å². The largest absolute Gasteiger partial charge is 0.416 e. The van der Waals surface area contributed by atoms with Gasteiger partial charge in [-0.1, -0.05) is 20.8 Å². The van der Waals surface area contributed by atoms with Crippen LogP contribution >= 0.6 is 0 Å². The van der Waals surface area contributed by atoms with Gasteiger partial charge in [0, 0.05) is 18.1 Å². The van der Waals surface area contributed by atoms with Crippen molar-refractivity contribution in [2.45, 2.75) is 57.9 Å². The summed E-state index contributed by atoms with van der Waals surface area (Å²) in [5, 5.41) is 7.03. The van der Waals surface area contributed by atoms with Crippen LogP contribution < -0.4 is 5.32 Å². The number of carbonyl (C=O) groups is 1. The maximum absolute atomic E-state index is 14.1. The van der Waals surface area contributed by atoms with E-state index < -0.39 is 29.0 Å². The second kappa shape index (κ2) is 7.78. The highest BCUT2D eigenvalue weighted by atomic mass is 19.4. The van der Waals surface area contributed by atoms with Crippen LogP contribution in [0.25, 0.3) is 0 Å². The zero-order valence-electron chi connectivity index (χ0n) is 16.4. The molecular weight excluding hydrogens is 390 g/mol. The van der Waals surface area contributed by atoms with Crippen LogP contribution in [0.15, 0.2) is 24.3 Å². The highest BCUT2D eigenvalue weighted by Gasteiger charge is 2.32. The number of hydrogen-bond donors (Lipinski definition) is 1. The van der Waals surface area contributed by atoms with Crippen molar-refractivity contribution >= 4 is 11.7 Å². The van der Waals surface area contributed by atoms with Gasteiger partial charge in [0.25, 0.3) is 5.91 Å². The van der Waals surface area contributed by atoms with Gasteiger partial charge in [0.05, 0.1) is 29.5 Å². The third-order valence-electron chi connectivity index (χ3n) is 4.73. The lowest BCUT2D eigenvalue weighted by molar-refractivity contribution is -0.137. The molecule has 29 heavy (non-hydrogen) atoms. The molecule has 0 saturated carbocycles. The molecule has 0 aliphatic carbocycles. The number of nitrogens with one attached hydrogen (secondary N) is 1. The summed E-state index contributed by atoms with van der Waals surface area (Å²) in [7, 11) is 0. The molecule has 1 aliphatic heterocycles. The van der Waals surface area contributed by atoms with Crippen molar-refractivity contribution < 1.29 is 27.1 Å². The SMILES string of the molecule is CC(C)(C)c1cc(NC(=O)c2cc(C(F)(F)F)ccc2F)n(C[C@H]2CCCO2)n1. The van der Waals surface area contributed by atoms with Crippen LogP contribution in [0.2, 0.25) is 0 Å². The van der Waals surface area contributed by atoms with Crippen molar-refractivity contribution in [3.05, 3.63) is 46.9 Å². The number of benzene rings is 1. The van der Waals surface area contributed by atoms with Crippen LogP contribution in [0, 0.1) is 5.82 Å². The first-order valence-electron chi connectivity index (χ1n) is 9.33. The topological polar surface area (TPSA) is 56.2 Å². The second-order valence-corrected chi connectivity index (χ2v) is 8.13. The van der Waals surface area contributed by atoms with Crippen LogP contribution in [0.1, 0.15) is 55.2 Å².